The lowest BCUT2D eigenvalue weighted by atomic mass is 11.0. The Morgan fingerprint density at radius 2 is 2.18 bits per heavy atom. The van der Waals surface area contributed by atoms with E-state index in [4.69, 9.17) is 5.21 Å². The van der Waals surface area contributed by atoms with Crippen LogP contribution in [-0.4, -0.2) is 45.8 Å². The van der Waals surface area contributed by atoms with Crippen LogP contribution in [0.1, 0.15) is 0 Å². The zero-order chi connectivity index (χ0) is 8.69. The number of hydrogen-bond acceptors (Lipinski definition) is 4. The van der Waals surface area contributed by atoms with Gasteiger partial charge in [0.05, 0.1) is 12.4 Å². The number of carbonyl (C=O) groups is 1. The van der Waals surface area contributed by atoms with Crippen LogP contribution in [0, 0.1) is 0 Å². The summed E-state index contributed by atoms with van der Waals surface area (Å²) in [4.78, 5) is 11.5. The molecule has 0 fully saturated rings. The fourth-order valence-corrected chi connectivity index (χ4v) is 0.202. The summed E-state index contributed by atoms with van der Waals surface area (Å²) in [5.41, 5.74) is 0. The number of hydrogen-bond donors (Lipinski definition) is 1. The molecule has 6 nitrogen and oxygen atoms in total. The van der Waals surface area contributed by atoms with E-state index in [0.717, 1.165) is 6.41 Å². The summed E-state index contributed by atoms with van der Waals surface area (Å²) >= 11 is 0. The van der Waals surface area contributed by atoms with E-state index in [1.165, 1.54) is 17.3 Å². The third-order valence-corrected chi connectivity index (χ3v) is 0.621. The Kier molecular flexibility index (Phi) is 4.46. The highest BCUT2D eigenvalue weighted by molar-refractivity contribution is 5.45. The molecule has 0 saturated carbocycles. The zero-order valence-electron chi connectivity index (χ0n) is 6.38. The van der Waals surface area contributed by atoms with E-state index >= 15 is 0 Å². The summed E-state index contributed by atoms with van der Waals surface area (Å²) in [6.07, 6.45) is 3.47. The van der Waals surface area contributed by atoms with Gasteiger partial charge in [0.1, 0.15) is 0 Å². The predicted molar refractivity (Wildman–Crippen MR) is 37.0 cm³/mol. The predicted octanol–water partition coefficient (Wildman–Crippen LogP) is -0.780. The highest BCUT2D eigenvalue weighted by atomic mass is 16.5. The van der Waals surface area contributed by atoms with Gasteiger partial charge in [0.25, 0.3) is 0 Å². The first kappa shape index (κ1) is 9.41. The first-order valence-electron chi connectivity index (χ1n) is 2.84. The fraction of sp³-hybridized carbons (Fsp3) is 0.400. The fourth-order valence-electron chi connectivity index (χ4n) is 0.202. The molecular weight excluding hydrogens is 148 g/mol. The van der Waals surface area contributed by atoms with Crippen molar-refractivity contribution in [3.05, 3.63) is 12.4 Å². The van der Waals surface area contributed by atoms with Crippen molar-refractivity contribution < 1.29 is 10.0 Å². The Balaban J connectivity index is 0.000000187. The van der Waals surface area contributed by atoms with E-state index < -0.39 is 0 Å². The molecule has 1 rings (SSSR count). The molecule has 0 aliphatic carbocycles. The molecule has 1 amide bonds. The minimum atomic E-state index is 0.639. The summed E-state index contributed by atoms with van der Waals surface area (Å²) in [6.45, 7) is 0. The molecule has 0 bridgehead atoms. The average molecular weight is 158 g/mol. The van der Waals surface area contributed by atoms with Crippen molar-refractivity contribution >= 4 is 6.41 Å². The van der Waals surface area contributed by atoms with Gasteiger partial charge in [-0.3, -0.25) is 4.79 Å². The minimum absolute atomic E-state index is 0.639. The van der Waals surface area contributed by atoms with E-state index in [0.29, 0.717) is 4.85 Å². The summed E-state index contributed by atoms with van der Waals surface area (Å²) in [6, 6.07) is 0. The maximum Gasteiger partial charge on any atom is 0.209 e. The summed E-state index contributed by atoms with van der Waals surface area (Å²) in [5, 5.41) is 14.6. The highest BCUT2D eigenvalue weighted by Crippen LogP contribution is 1.65. The van der Waals surface area contributed by atoms with E-state index in [1.807, 2.05) is 0 Å². The Morgan fingerprint density at radius 3 is 2.27 bits per heavy atom. The van der Waals surface area contributed by atoms with Gasteiger partial charge >= 0.3 is 0 Å². The van der Waals surface area contributed by atoms with Gasteiger partial charge in [0, 0.05) is 14.1 Å². The monoisotopic (exact) mass is 158 g/mol. The molecule has 0 aliphatic rings. The number of aromatic nitrogens is 3. The van der Waals surface area contributed by atoms with E-state index in [9.17, 15) is 4.79 Å². The van der Waals surface area contributed by atoms with Gasteiger partial charge in [-0.2, -0.15) is 0 Å². The van der Waals surface area contributed by atoms with Gasteiger partial charge in [-0.1, -0.05) is 4.85 Å². The lowest BCUT2D eigenvalue weighted by Gasteiger charge is -1.93. The largest absolute Gasteiger partial charge is 0.411 e. The number of carbonyl (C=O) groups excluding carboxylic acids is 1. The molecule has 1 aromatic rings. The van der Waals surface area contributed by atoms with Crippen LogP contribution < -0.4 is 0 Å². The lowest BCUT2D eigenvalue weighted by molar-refractivity contribution is -0.115. The van der Waals surface area contributed by atoms with Crippen LogP contribution in [0.4, 0.5) is 0 Å². The smallest absolute Gasteiger partial charge is 0.209 e. The average Bonchev–Trinajstić information content (AvgIpc) is 2.41. The van der Waals surface area contributed by atoms with Crippen molar-refractivity contribution in [2.24, 2.45) is 0 Å². The maximum atomic E-state index is 9.43. The lowest BCUT2D eigenvalue weighted by Crippen LogP contribution is -2.06. The molecular formula is C5H10N4O2. The van der Waals surface area contributed by atoms with Gasteiger partial charge in [-0.25, -0.2) is 0 Å². The molecule has 0 atom stereocenters. The van der Waals surface area contributed by atoms with Gasteiger partial charge in [0.15, 0.2) is 0 Å². The summed E-state index contributed by atoms with van der Waals surface area (Å²) in [5.74, 6) is 0. The van der Waals surface area contributed by atoms with Crippen molar-refractivity contribution in [1.29, 1.82) is 0 Å². The van der Waals surface area contributed by atoms with Gasteiger partial charge in [-0.15, -0.1) is 5.10 Å². The molecule has 11 heavy (non-hydrogen) atoms. The third kappa shape index (κ3) is 6.29. The molecule has 0 radical (unpaired) electrons. The van der Waals surface area contributed by atoms with E-state index in [1.54, 1.807) is 14.1 Å². The molecule has 0 spiro atoms. The molecule has 1 heterocycles. The topological polar surface area (TPSA) is 71.2 Å². The van der Waals surface area contributed by atoms with Crippen LogP contribution in [0.15, 0.2) is 12.4 Å². The Morgan fingerprint density at radius 1 is 1.64 bits per heavy atom. The Bertz CT molecular complexity index is 184. The van der Waals surface area contributed by atoms with Crippen LogP contribution in [-0.2, 0) is 4.79 Å². The van der Waals surface area contributed by atoms with E-state index in [2.05, 4.69) is 10.3 Å². The third-order valence-electron chi connectivity index (χ3n) is 0.621. The standard InChI is InChI=1S/C3H7NO.C2H3N3O/c1-4(2)3-5;6-5-2-1-3-4-5/h3H,1-2H3;1-2,6H. The molecule has 1 N–H and O–H groups in total. The summed E-state index contributed by atoms with van der Waals surface area (Å²) < 4.78 is 0. The molecule has 0 saturated heterocycles. The van der Waals surface area contributed by atoms with Crippen molar-refractivity contribution in [1.82, 2.24) is 20.1 Å². The maximum absolute atomic E-state index is 9.43. The van der Waals surface area contributed by atoms with Crippen LogP contribution in [0.5, 0.6) is 0 Å². The number of amides is 1. The normalized spacial score (nSPS) is 7.82. The van der Waals surface area contributed by atoms with Gasteiger partial charge in [0.2, 0.25) is 6.41 Å². The SMILES string of the molecule is CN(C)C=O.On1ccnn1. The highest BCUT2D eigenvalue weighted by Gasteiger charge is 1.73. The number of rotatable bonds is 1. The first-order valence-corrected chi connectivity index (χ1v) is 2.84. The first-order chi connectivity index (χ1) is 5.16. The van der Waals surface area contributed by atoms with Crippen LogP contribution in [0.3, 0.4) is 0 Å². The quantitative estimate of drug-likeness (QED) is 0.430. The Labute approximate surface area is 64.0 Å². The summed E-state index contributed by atoms with van der Waals surface area (Å²) in [7, 11) is 3.38. The van der Waals surface area contributed by atoms with Crippen LogP contribution >= 0.6 is 0 Å². The van der Waals surface area contributed by atoms with Crippen molar-refractivity contribution in [2.45, 2.75) is 0 Å². The van der Waals surface area contributed by atoms with Crippen LogP contribution in [0.25, 0.3) is 0 Å². The minimum Gasteiger partial charge on any atom is -0.411 e. The van der Waals surface area contributed by atoms with Gasteiger partial charge < -0.3 is 10.1 Å². The number of nitrogens with zero attached hydrogens (tertiary/aromatic N) is 4. The molecule has 6 heteroatoms. The van der Waals surface area contributed by atoms with Crippen molar-refractivity contribution in [3.63, 3.8) is 0 Å². The molecule has 0 aliphatic heterocycles. The molecule has 62 valence electrons. The van der Waals surface area contributed by atoms with Crippen molar-refractivity contribution in [3.8, 4) is 0 Å². The second-order valence-corrected chi connectivity index (χ2v) is 1.89. The van der Waals surface area contributed by atoms with Crippen molar-refractivity contribution in [2.75, 3.05) is 14.1 Å². The second kappa shape index (κ2) is 5.21. The van der Waals surface area contributed by atoms with Gasteiger partial charge in [-0.05, 0) is 5.21 Å². The van der Waals surface area contributed by atoms with Crippen LogP contribution in [0.2, 0.25) is 0 Å². The van der Waals surface area contributed by atoms with E-state index in [-0.39, 0.29) is 0 Å². The zero-order valence-corrected chi connectivity index (χ0v) is 6.38. The molecule has 0 aromatic carbocycles. The molecule has 1 aromatic heterocycles. The Hall–Kier alpha value is -1.59. The molecule has 0 unspecified atom stereocenters. The second-order valence-electron chi connectivity index (χ2n) is 1.89.